The smallest absolute Gasteiger partial charge is 0.305 e. The lowest BCUT2D eigenvalue weighted by Crippen LogP contribution is -2.23. The molecule has 0 radical (unpaired) electrons. The molecule has 7 nitrogen and oxygen atoms in total. The molecule has 0 aliphatic carbocycles. The van der Waals surface area contributed by atoms with Crippen LogP contribution in [-0.2, 0) is 9.84 Å². The molecule has 0 spiro atoms. The SMILES string of the molecule is O=c1[nH]c2cc(S(=O)(=O)C(F)(F)F)ccc2c2ncnn12. The Morgan fingerprint density at radius 2 is 1.95 bits per heavy atom. The molecule has 3 rings (SSSR count). The van der Waals surface area contributed by atoms with E-state index in [-0.39, 0.29) is 16.6 Å². The standard InChI is InChI=1S/C10H5F3N4O3S/c11-10(12,13)21(19,20)5-1-2-6-7(3-5)16-9(18)17-8(6)14-4-15-17/h1-4H,(H,16,18). The summed E-state index contributed by atoms with van der Waals surface area (Å²) in [4.78, 5) is 16.8. The third-order valence-electron chi connectivity index (χ3n) is 2.83. The summed E-state index contributed by atoms with van der Waals surface area (Å²) in [7, 11) is -5.49. The number of H-pyrrole nitrogens is 1. The average Bonchev–Trinajstić information content (AvgIpc) is 2.86. The minimum atomic E-state index is -5.49. The summed E-state index contributed by atoms with van der Waals surface area (Å²) >= 11 is 0. The molecule has 0 bridgehead atoms. The van der Waals surface area contributed by atoms with E-state index >= 15 is 0 Å². The fourth-order valence-corrected chi connectivity index (χ4v) is 2.65. The molecule has 0 saturated carbocycles. The zero-order chi connectivity index (χ0) is 15.4. The van der Waals surface area contributed by atoms with E-state index in [1.165, 1.54) is 0 Å². The van der Waals surface area contributed by atoms with Crippen LogP contribution < -0.4 is 5.69 Å². The van der Waals surface area contributed by atoms with Gasteiger partial charge in [0, 0.05) is 5.39 Å². The number of fused-ring (bicyclic) bond motifs is 3. The number of alkyl halides is 3. The Balaban J connectivity index is 2.37. The van der Waals surface area contributed by atoms with Gasteiger partial charge in [0.2, 0.25) is 0 Å². The number of rotatable bonds is 1. The molecule has 21 heavy (non-hydrogen) atoms. The topological polar surface area (TPSA) is 97.2 Å². The molecule has 0 saturated heterocycles. The minimum absolute atomic E-state index is 0.0779. The van der Waals surface area contributed by atoms with Crippen LogP contribution in [0.25, 0.3) is 16.6 Å². The van der Waals surface area contributed by atoms with Crippen LogP contribution in [0.5, 0.6) is 0 Å². The minimum Gasteiger partial charge on any atom is -0.305 e. The molecule has 0 aliphatic rings. The first-order valence-corrected chi connectivity index (χ1v) is 6.87. The van der Waals surface area contributed by atoms with Crippen molar-refractivity contribution in [3.05, 3.63) is 35.0 Å². The van der Waals surface area contributed by atoms with Gasteiger partial charge in [-0.2, -0.15) is 22.8 Å². The largest absolute Gasteiger partial charge is 0.501 e. The maximum Gasteiger partial charge on any atom is 0.501 e. The number of nitrogens with one attached hydrogen (secondary N) is 1. The van der Waals surface area contributed by atoms with Gasteiger partial charge in [-0.15, -0.1) is 0 Å². The number of nitrogens with zero attached hydrogens (tertiary/aromatic N) is 3. The normalized spacial score (nSPS) is 13.1. The zero-order valence-electron chi connectivity index (χ0n) is 9.92. The quantitative estimate of drug-likeness (QED) is 0.718. The molecule has 0 amide bonds. The van der Waals surface area contributed by atoms with Crippen LogP contribution in [0.15, 0.2) is 34.2 Å². The lowest BCUT2D eigenvalue weighted by Gasteiger charge is -2.08. The molecule has 1 aromatic carbocycles. The Morgan fingerprint density at radius 1 is 1.24 bits per heavy atom. The second-order valence-electron chi connectivity index (χ2n) is 4.08. The van der Waals surface area contributed by atoms with Gasteiger partial charge in [0.1, 0.15) is 6.33 Å². The predicted octanol–water partition coefficient (Wildman–Crippen LogP) is 0.864. The van der Waals surface area contributed by atoms with Gasteiger partial charge in [0.15, 0.2) is 5.65 Å². The van der Waals surface area contributed by atoms with Crippen molar-refractivity contribution in [3.8, 4) is 0 Å². The van der Waals surface area contributed by atoms with E-state index in [9.17, 15) is 26.4 Å². The molecule has 11 heteroatoms. The van der Waals surface area contributed by atoms with Gasteiger partial charge in [0.05, 0.1) is 10.4 Å². The summed E-state index contributed by atoms with van der Waals surface area (Å²) in [6.45, 7) is 0. The Kier molecular flexibility index (Phi) is 2.60. The van der Waals surface area contributed by atoms with Crippen LogP contribution in [0.1, 0.15) is 0 Å². The van der Waals surface area contributed by atoms with Crippen molar-refractivity contribution in [2.45, 2.75) is 10.4 Å². The molecule has 0 atom stereocenters. The van der Waals surface area contributed by atoms with Crippen LogP contribution >= 0.6 is 0 Å². The fourth-order valence-electron chi connectivity index (χ4n) is 1.86. The first kappa shape index (κ1) is 13.5. The highest BCUT2D eigenvalue weighted by Gasteiger charge is 2.46. The molecule has 0 fully saturated rings. The van der Waals surface area contributed by atoms with E-state index in [1.807, 2.05) is 0 Å². The zero-order valence-corrected chi connectivity index (χ0v) is 10.7. The Morgan fingerprint density at radius 3 is 2.62 bits per heavy atom. The van der Waals surface area contributed by atoms with E-state index in [4.69, 9.17) is 0 Å². The predicted molar refractivity (Wildman–Crippen MR) is 64.4 cm³/mol. The second-order valence-corrected chi connectivity index (χ2v) is 6.02. The van der Waals surface area contributed by atoms with Crippen molar-refractivity contribution in [1.29, 1.82) is 0 Å². The Labute approximate surface area is 114 Å². The van der Waals surface area contributed by atoms with Gasteiger partial charge in [-0.3, -0.25) is 0 Å². The van der Waals surface area contributed by atoms with Gasteiger partial charge >= 0.3 is 11.2 Å². The lowest BCUT2D eigenvalue weighted by molar-refractivity contribution is -0.0435. The van der Waals surface area contributed by atoms with Crippen molar-refractivity contribution in [3.63, 3.8) is 0 Å². The van der Waals surface area contributed by atoms with Crippen LogP contribution in [0.2, 0.25) is 0 Å². The average molecular weight is 318 g/mol. The highest BCUT2D eigenvalue weighted by Crippen LogP contribution is 2.31. The first-order chi connectivity index (χ1) is 9.72. The van der Waals surface area contributed by atoms with Crippen LogP contribution in [0, 0.1) is 0 Å². The van der Waals surface area contributed by atoms with E-state index < -0.39 is 25.9 Å². The van der Waals surface area contributed by atoms with Gasteiger partial charge in [0.25, 0.3) is 9.84 Å². The summed E-state index contributed by atoms with van der Waals surface area (Å²) in [6.07, 6.45) is 1.10. The van der Waals surface area contributed by atoms with E-state index in [0.717, 1.165) is 29.0 Å². The van der Waals surface area contributed by atoms with Crippen molar-refractivity contribution in [1.82, 2.24) is 19.6 Å². The monoisotopic (exact) mass is 318 g/mol. The third-order valence-corrected chi connectivity index (χ3v) is 4.31. The van der Waals surface area contributed by atoms with Gasteiger partial charge in [-0.05, 0) is 18.2 Å². The highest BCUT2D eigenvalue weighted by atomic mass is 32.2. The summed E-state index contributed by atoms with van der Waals surface area (Å²) < 4.78 is 61.2. The summed E-state index contributed by atoms with van der Waals surface area (Å²) in [5.74, 6) is 0. The number of hydrogen-bond donors (Lipinski definition) is 1. The summed E-state index contributed by atoms with van der Waals surface area (Å²) in [5, 5.41) is 3.91. The van der Waals surface area contributed by atoms with Crippen molar-refractivity contribution < 1.29 is 21.6 Å². The molecular formula is C10H5F3N4O3S. The van der Waals surface area contributed by atoms with Gasteiger partial charge < -0.3 is 4.98 Å². The fraction of sp³-hybridized carbons (Fsp3) is 0.100. The second kappa shape index (κ2) is 4.04. The number of aromatic nitrogens is 4. The van der Waals surface area contributed by atoms with Crippen molar-refractivity contribution in [2.24, 2.45) is 0 Å². The third kappa shape index (κ3) is 1.88. The van der Waals surface area contributed by atoms with Gasteiger partial charge in [-0.25, -0.2) is 18.2 Å². The van der Waals surface area contributed by atoms with Gasteiger partial charge in [-0.1, -0.05) is 0 Å². The lowest BCUT2D eigenvalue weighted by atomic mass is 10.2. The number of sulfone groups is 1. The van der Waals surface area contributed by atoms with Crippen LogP contribution in [0.3, 0.4) is 0 Å². The highest BCUT2D eigenvalue weighted by molar-refractivity contribution is 7.92. The number of halogens is 3. The Hall–Kier alpha value is -2.43. The van der Waals surface area contributed by atoms with Crippen molar-refractivity contribution in [2.75, 3.05) is 0 Å². The van der Waals surface area contributed by atoms with Crippen LogP contribution in [0.4, 0.5) is 13.2 Å². The molecular weight excluding hydrogens is 313 g/mol. The Bertz CT molecular complexity index is 1020. The maximum atomic E-state index is 12.5. The molecule has 110 valence electrons. The molecule has 2 heterocycles. The summed E-state index contributed by atoms with van der Waals surface area (Å²) in [6, 6.07) is 2.68. The molecule has 3 aromatic rings. The molecule has 2 aromatic heterocycles. The van der Waals surface area contributed by atoms with E-state index in [2.05, 4.69) is 15.1 Å². The van der Waals surface area contributed by atoms with Crippen molar-refractivity contribution >= 4 is 26.4 Å². The number of hydrogen-bond acceptors (Lipinski definition) is 5. The number of benzene rings is 1. The summed E-state index contributed by atoms with van der Waals surface area (Å²) in [5.41, 5.74) is -6.12. The molecule has 1 N–H and O–H groups in total. The van der Waals surface area contributed by atoms with E-state index in [0.29, 0.717) is 0 Å². The first-order valence-electron chi connectivity index (χ1n) is 5.39. The molecule has 0 aliphatic heterocycles. The maximum absolute atomic E-state index is 12.5. The van der Waals surface area contributed by atoms with Crippen LogP contribution in [-0.4, -0.2) is 33.5 Å². The van der Waals surface area contributed by atoms with E-state index in [1.54, 1.807) is 0 Å². The molecule has 0 unspecified atom stereocenters. The number of aromatic amines is 1.